The van der Waals surface area contributed by atoms with E-state index in [2.05, 4.69) is 29.8 Å². The number of nitrogen functional groups attached to an aromatic ring is 1. The van der Waals surface area contributed by atoms with Crippen LogP contribution >= 0.6 is 0 Å². The molecule has 2 aromatic carbocycles. The van der Waals surface area contributed by atoms with Crippen molar-refractivity contribution in [3.8, 4) is 22.8 Å². The van der Waals surface area contributed by atoms with Crippen molar-refractivity contribution in [3.05, 3.63) is 60.9 Å². The third kappa shape index (κ3) is 4.73. The molecular formula is C33H40N8O. The second-order valence-corrected chi connectivity index (χ2v) is 12.9. The standard InChI is InChI=1S/C33H40N8O/c34-31-29-30(23-6-8-28(9-7-23)42-27-4-2-1-3-5-27)38-41(32(29)37-22-36-31)25-12-16-39(17-13-25)24-10-14-33(15-11-24)20-40(21-33)26-18-35-19-26/h1-9,22,24-26,35H,10-21H2,(H2,34,36,37). The number of aromatic nitrogens is 4. The van der Waals surface area contributed by atoms with E-state index in [1.165, 1.54) is 51.9 Å². The lowest BCUT2D eigenvalue weighted by atomic mass is 9.66. The lowest BCUT2D eigenvalue weighted by Crippen LogP contribution is -2.68. The van der Waals surface area contributed by atoms with Gasteiger partial charge in [-0.15, -0.1) is 0 Å². The van der Waals surface area contributed by atoms with E-state index in [-0.39, 0.29) is 0 Å². The molecule has 2 aromatic heterocycles. The van der Waals surface area contributed by atoms with Crippen molar-refractivity contribution < 1.29 is 4.74 Å². The molecule has 9 heteroatoms. The molecule has 0 atom stereocenters. The summed E-state index contributed by atoms with van der Waals surface area (Å²) in [5, 5.41) is 9.39. The van der Waals surface area contributed by atoms with Crippen LogP contribution in [0.2, 0.25) is 0 Å². The highest BCUT2D eigenvalue weighted by molar-refractivity contribution is 5.98. The van der Waals surface area contributed by atoms with Crippen LogP contribution in [-0.4, -0.2) is 80.9 Å². The Morgan fingerprint density at radius 1 is 0.786 bits per heavy atom. The minimum Gasteiger partial charge on any atom is -0.457 e. The summed E-state index contributed by atoms with van der Waals surface area (Å²) in [6, 6.07) is 19.7. The maximum atomic E-state index is 6.42. The predicted octanol–water partition coefficient (Wildman–Crippen LogP) is 4.72. The van der Waals surface area contributed by atoms with Gasteiger partial charge in [0.25, 0.3) is 0 Å². The summed E-state index contributed by atoms with van der Waals surface area (Å²) in [6.07, 6.45) is 9.21. The van der Waals surface area contributed by atoms with Gasteiger partial charge in [0.15, 0.2) is 5.65 Å². The molecule has 1 saturated carbocycles. The van der Waals surface area contributed by atoms with Crippen LogP contribution < -0.4 is 15.8 Å². The van der Waals surface area contributed by atoms with E-state index in [4.69, 9.17) is 15.6 Å². The highest BCUT2D eigenvalue weighted by Gasteiger charge is 2.48. The zero-order valence-corrected chi connectivity index (χ0v) is 24.2. The fourth-order valence-corrected chi connectivity index (χ4v) is 7.75. The molecule has 4 aliphatic rings. The summed E-state index contributed by atoms with van der Waals surface area (Å²) >= 11 is 0. The molecule has 5 heterocycles. The number of nitrogens with zero attached hydrogens (tertiary/aromatic N) is 6. The molecule has 3 saturated heterocycles. The Labute approximate surface area is 247 Å². The van der Waals surface area contributed by atoms with Crippen molar-refractivity contribution in [1.82, 2.24) is 34.9 Å². The number of nitrogens with one attached hydrogen (secondary N) is 1. The van der Waals surface area contributed by atoms with Crippen LogP contribution in [0, 0.1) is 5.41 Å². The van der Waals surface area contributed by atoms with Gasteiger partial charge in [-0.25, -0.2) is 14.6 Å². The highest BCUT2D eigenvalue weighted by atomic mass is 16.5. The zero-order chi connectivity index (χ0) is 28.1. The molecule has 9 nitrogen and oxygen atoms in total. The number of para-hydroxylation sites is 1. The average molecular weight is 565 g/mol. The van der Waals surface area contributed by atoms with Gasteiger partial charge < -0.3 is 20.7 Å². The van der Waals surface area contributed by atoms with Crippen LogP contribution in [-0.2, 0) is 0 Å². The average Bonchev–Trinajstić information content (AvgIpc) is 3.38. The first kappa shape index (κ1) is 26.1. The van der Waals surface area contributed by atoms with Crippen LogP contribution in [0.15, 0.2) is 60.9 Å². The fourth-order valence-electron chi connectivity index (χ4n) is 7.75. The summed E-state index contributed by atoms with van der Waals surface area (Å²) in [4.78, 5) is 14.5. The van der Waals surface area contributed by atoms with Gasteiger partial charge in [-0.2, -0.15) is 5.10 Å². The molecular weight excluding hydrogens is 524 g/mol. The van der Waals surface area contributed by atoms with Gasteiger partial charge in [-0.1, -0.05) is 18.2 Å². The number of benzene rings is 2. The van der Waals surface area contributed by atoms with Crippen LogP contribution in [0.25, 0.3) is 22.3 Å². The molecule has 4 fully saturated rings. The molecule has 8 rings (SSSR count). The fraction of sp³-hybridized carbons (Fsp3) is 0.485. The Hall–Kier alpha value is -3.53. The summed E-state index contributed by atoms with van der Waals surface area (Å²) in [5.41, 5.74) is 9.68. The minimum absolute atomic E-state index is 0.304. The number of hydrogen-bond donors (Lipinski definition) is 2. The molecule has 1 spiro atoms. The maximum absolute atomic E-state index is 6.42. The molecule has 0 unspecified atom stereocenters. The van der Waals surface area contributed by atoms with Gasteiger partial charge >= 0.3 is 0 Å². The van der Waals surface area contributed by atoms with Crippen molar-refractivity contribution in [2.24, 2.45) is 5.41 Å². The van der Waals surface area contributed by atoms with Gasteiger partial charge in [0.1, 0.15) is 29.3 Å². The van der Waals surface area contributed by atoms with Gasteiger partial charge in [-0.3, -0.25) is 4.90 Å². The number of fused-ring (bicyclic) bond motifs is 1. The molecule has 0 radical (unpaired) electrons. The maximum Gasteiger partial charge on any atom is 0.164 e. The third-order valence-corrected chi connectivity index (χ3v) is 10.4. The SMILES string of the molecule is Nc1ncnc2c1c(-c1ccc(Oc3ccccc3)cc1)nn2C1CCN(C2CCC3(CC2)CN(C2CNC2)C3)CC1. The Balaban J connectivity index is 0.942. The van der Waals surface area contributed by atoms with Crippen molar-refractivity contribution >= 4 is 16.9 Å². The second kappa shape index (κ2) is 10.6. The molecule has 3 aliphatic heterocycles. The number of ether oxygens (including phenoxy) is 1. The van der Waals surface area contributed by atoms with E-state index in [1.807, 2.05) is 54.6 Å². The van der Waals surface area contributed by atoms with E-state index in [1.54, 1.807) is 6.33 Å². The first-order valence-electron chi connectivity index (χ1n) is 15.7. The molecule has 0 amide bonds. The number of nitrogens with two attached hydrogens (primary N) is 1. The molecule has 4 aromatic rings. The zero-order valence-electron chi connectivity index (χ0n) is 24.2. The second-order valence-electron chi connectivity index (χ2n) is 12.9. The van der Waals surface area contributed by atoms with E-state index >= 15 is 0 Å². The summed E-state index contributed by atoms with van der Waals surface area (Å²) in [6.45, 7) is 7.27. The predicted molar refractivity (Wildman–Crippen MR) is 164 cm³/mol. The quantitative estimate of drug-likeness (QED) is 0.347. The van der Waals surface area contributed by atoms with E-state index < -0.39 is 0 Å². The third-order valence-electron chi connectivity index (χ3n) is 10.4. The topological polar surface area (TPSA) is 97.4 Å². The Kier molecular flexibility index (Phi) is 6.61. The Morgan fingerprint density at radius 2 is 1.50 bits per heavy atom. The van der Waals surface area contributed by atoms with Crippen molar-refractivity contribution in [1.29, 1.82) is 0 Å². The number of likely N-dealkylation sites (tertiary alicyclic amines) is 2. The van der Waals surface area contributed by atoms with Crippen molar-refractivity contribution in [3.63, 3.8) is 0 Å². The smallest absolute Gasteiger partial charge is 0.164 e. The largest absolute Gasteiger partial charge is 0.457 e. The lowest BCUT2D eigenvalue weighted by Gasteiger charge is -2.58. The normalized spacial score (nSPS) is 22.3. The van der Waals surface area contributed by atoms with Crippen molar-refractivity contribution in [2.45, 2.75) is 56.7 Å². The summed E-state index contributed by atoms with van der Waals surface area (Å²) in [7, 11) is 0. The molecule has 218 valence electrons. The monoisotopic (exact) mass is 564 g/mol. The van der Waals surface area contributed by atoms with Gasteiger partial charge in [0, 0.05) is 56.9 Å². The number of rotatable bonds is 6. The summed E-state index contributed by atoms with van der Waals surface area (Å²) in [5.74, 6) is 2.07. The number of piperidine rings is 1. The van der Waals surface area contributed by atoms with Crippen LogP contribution in [0.1, 0.15) is 44.6 Å². The minimum atomic E-state index is 0.304. The first-order chi connectivity index (χ1) is 20.6. The molecule has 0 bridgehead atoms. The van der Waals surface area contributed by atoms with E-state index in [0.717, 1.165) is 71.8 Å². The van der Waals surface area contributed by atoms with E-state index in [9.17, 15) is 0 Å². The summed E-state index contributed by atoms with van der Waals surface area (Å²) < 4.78 is 8.13. The molecule has 42 heavy (non-hydrogen) atoms. The Bertz CT molecular complexity index is 1530. The van der Waals surface area contributed by atoms with Gasteiger partial charge in [0.2, 0.25) is 0 Å². The lowest BCUT2D eigenvalue weighted by molar-refractivity contribution is -0.0792. The highest BCUT2D eigenvalue weighted by Crippen LogP contribution is 2.46. The van der Waals surface area contributed by atoms with E-state index in [0.29, 0.717) is 17.3 Å². The van der Waals surface area contributed by atoms with Crippen LogP contribution in [0.5, 0.6) is 11.5 Å². The van der Waals surface area contributed by atoms with Gasteiger partial charge in [0.05, 0.1) is 11.4 Å². The molecule has 3 N–H and O–H groups in total. The van der Waals surface area contributed by atoms with Crippen LogP contribution in [0.3, 0.4) is 0 Å². The Morgan fingerprint density at radius 3 is 2.19 bits per heavy atom. The van der Waals surface area contributed by atoms with Crippen LogP contribution in [0.4, 0.5) is 5.82 Å². The molecule has 1 aliphatic carbocycles. The van der Waals surface area contributed by atoms with Gasteiger partial charge in [-0.05, 0) is 80.3 Å². The number of hydrogen-bond acceptors (Lipinski definition) is 8. The number of anilines is 1. The first-order valence-corrected chi connectivity index (χ1v) is 15.7. The van der Waals surface area contributed by atoms with Crippen molar-refractivity contribution in [2.75, 3.05) is 45.0 Å².